The van der Waals surface area contributed by atoms with Crippen molar-refractivity contribution in [1.82, 2.24) is 4.90 Å². The van der Waals surface area contributed by atoms with E-state index in [1.807, 2.05) is 24.3 Å². The summed E-state index contributed by atoms with van der Waals surface area (Å²) in [6, 6.07) is 7.56. The number of benzene rings is 1. The molecule has 0 spiro atoms. The van der Waals surface area contributed by atoms with Gasteiger partial charge in [-0.15, -0.1) is 0 Å². The number of rotatable bonds is 6. The van der Waals surface area contributed by atoms with Gasteiger partial charge in [-0.2, -0.15) is 0 Å². The number of carbonyl (C=O) groups is 3. The van der Waals surface area contributed by atoms with E-state index in [1.165, 1.54) is 0 Å². The molecule has 7 nitrogen and oxygen atoms in total. The van der Waals surface area contributed by atoms with Gasteiger partial charge < -0.3 is 19.3 Å². The van der Waals surface area contributed by atoms with Crippen molar-refractivity contribution >= 4 is 35.1 Å². The van der Waals surface area contributed by atoms with Gasteiger partial charge in [0, 0.05) is 49.0 Å². The molecule has 0 N–H and O–H groups in total. The van der Waals surface area contributed by atoms with Gasteiger partial charge in [-0.05, 0) is 25.1 Å². The molecule has 1 amide bonds. The Bertz CT molecular complexity index is 684. The van der Waals surface area contributed by atoms with Crippen molar-refractivity contribution in [1.29, 1.82) is 0 Å². The number of halogens is 1. The summed E-state index contributed by atoms with van der Waals surface area (Å²) in [5.41, 5.74) is 1.01. The van der Waals surface area contributed by atoms with Crippen LogP contribution in [0.5, 0.6) is 0 Å². The van der Waals surface area contributed by atoms with Crippen LogP contribution in [-0.2, 0) is 23.9 Å². The molecule has 1 saturated heterocycles. The second-order valence-electron chi connectivity index (χ2n) is 5.54. The molecule has 0 saturated carbocycles. The molecular formula is C18H21ClN2O5. The second kappa shape index (κ2) is 9.82. The maximum absolute atomic E-state index is 12.1. The van der Waals surface area contributed by atoms with Crippen LogP contribution in [0.1, 0.15) is 6.92 Å². The van der Waals surface area contributed by atoms with Crippen LogP contribution >= 0.6 is 11.6 Å². The smallest absolute Gasteiger partial charge is 0.331 e. The predicted molar refractivity (Wildman–Crippen MR) is 97.0 cm³/mol. The van der Waals surface area contributed by atoms with Crippen molar-refractivity contribution in [3.05, 3.63) is 41.4 Å². The third kappa shape index (κ3) is 6.07. The zero-order valence-electron chi connectivity index (χ0n) is 14.5. The summed E-state index contributed by atoms with van der Waals surface area (Å²) in [6.45, 7) is 3.92. The van der Waals surface area contributed by atoms with Gasteiger partial charge in [-0.3, -0.25) is 4.79 Å². The molecule has 140 valence electrons. The number of amides is 1. The van der Waals surface area contributed by atoms with E-state index in [4.69, 9.17) is 16.3 Å². The standard InChI is InChI=1S/C18H21ClN2O5/c1-2-25-17(23)6-7-18(24)26-13-16(22)21-10-8-20(9-11-21)15-5-3-4-14(19)12-15/h3-7,12H,2,8-11,13H2,1H3/b7-6+. The summed E-state index contributed by atoms with van der Waals surface area (Å²) in [6.07, 6.45) is 1.92. The van der Waals surface area contributed by atoms with Crippen LogP contribution in [0.4, 0.5) is 5.69 Å². The summed E-state index contributed by atoms with van der Waals surface area (Å²) >= 11 is 6.00. The van der Waals surface area contributed by atoms with Crippen LogP contribution < -0.4 is 4.90 Å². The molecule has 0 aliphatic carbocycles. The Kier molecular flexibility index (Phi) is 7.47. The van der Waals surface area contributed by atoms with Crippen molar-refractivity contribution in [2.75, 3.05) is 44.3 Å². The second-order valence-corrected chi connectivity index (χ2v) is 5.98. The maximum atomic E-state index is 12.1. The summed E-state index contributed by atoms with van der Waals surface area (Å²) < 4.78 is 9.50. The zero-order valence-corrected chi connectivity index (χ0v) is 15.3. The third-order valence-corrected chi connectivity index (χ3v) is 4.02. The Hall–Kier alpha value is -2.54. The zero-order chi connectivity index (χ0) is 18.9. The molecule has 0 unspecified atom stereocenters. The molecule has 1 aliphatic rings. The van der Waals surface area contributed by atoms with Crippen molar-refractivity contribution in [2.24, 2.45) is 0 Å². The molecule has 1 aliphatic heterocycles. The quantitative estimate of drug-likeness (QED) is 0.551. The average Bonchev–Trinajstić information content (AvgIpc) is 2.65. The summed E-state index contributed by atoms with van der Waals surface area (Å²) in [5, 5.41) is 0.670. The van der Waals surface area contributed by atoms with Gasteiger partial charge in [0.05, 0.1) is 6.61 Å². The largest absolute Gasteiger partial charge is 0.463 e. The fraction of sp³-hybridized carbons (Fsp3) is 0.389. The topological polar surface area (TPSA) is 76.2 Å². The summed E-state index contributed by atoms with van der Waals surface area (Å²) in [7, 11) is 0. The highest BCUT2D eigenvalue weighted by molar-refractivity contribution is 6.30. The highest BCUT2D eigenvalue weighted by Gasteiger charge is 2.22. The molecule has 0 aromatic heterocycles. The Balaban J connectivity index is 1.74. The number of esters is 2. The SMILES string of the molecule is CCOC(=O)/C=C/C(=O)OCC(=O)N1CCN(c2cccc(Cl)c2)CC1. The Morgan fingerprint density at radius 1 is 1.08 bits per heavy atom. The first kappa shape index (κ1) is 19.8. The molecule has 1 aromatic carbocycles. The number of hydrogen-bond acceptors (Lipinski definition) is 6. The molecule has 1 aromatic rings. The highest BCUT2D eigenvalue weighted by atomic mass is 35.5. The van der Waals surface area contributed by atoms with Gasteiger partial charge in [0.1, 0.15) is 0 Å². The van der Waals surface area contributed by atoms with Gasteiger partial charge in [0.2, 0.25) is 0 Å². The molecule has 0 bridgehead atoms. The maximum Gasteiger partial charge on any atom is 0.331 e. The van der Waals surface area contributed by atoms with Crippen molar-refractivity contribution in [2.45, 2.75) is 6.92 Å². The van der Waals surface area contributed by atoms with Gasteiger partial charge in [-0.1, -0.05) is 17.7 Å². The van der Waals surface area contributed by atoms with Crippen LogP contribution in [0.25, 0.3) is 0 Å². The van der Waals surface area contributed by atoms with Crippen LogP contribution in [-0.4, -0.2) is 62.1 Å². The fourth-order valence-electron chi connectivity index (χ4n) is 2.49. The van der Waals surface area contributed by atoms with Crippen LogP contribution in [0.3, 0.4) is 0 Å². The number of hydrogen-bond donors (Lipinski definition) is 0. The number of carbonyl (C=O) groups excluding carboxylic acids is 3. The molecule has 0 atom stereocenters. The van der Waals surface area contributed by atoms with E-state index in [1.54, 1.807) is 11.8 Å². The minimum absolute atomic E-state index is 0.220. The molecule has 8 heteroatoms. The molecule has 26 heavy (non-hydrogen) atoms. The normalized spacial score (nSPS) is 14.4. The van der Waals surface area contributed by atoms with Crippen molar-refractivity contribution in [3.63, 3.8) is 0 Å². The van der Waals surface area contributed by atoms with E-state index in [2.05, 4.69) is 9.64 Å². The van der Waals surface area contributed by atoms with Gasteiger partial charge in [0.15, 0.2) is 6.61 Å². The highest BCUT2D eigenvalue weighted by Crippen LogP contribution is 2.20. The van der Waals surface area contributed by atoms with Crippen LogP contribution in [0, 0.1) is 0 Å². The van der Waals surface area contributed by atoms with Gasteiger partial charge in [0.25, 0.3) is 5.91 Å². The Morgan fingerprint density at radius 3 is 2.35 bits per heavy atom. The molecular weight excluding hydrogens is 360 g/mol. The minimum Gasteiger partial charge on any atom is -0.463 e. The Labute approximate surface area is 157 Å². The lowest BCUT2D eigenvalue weighted by Gasteiger charge is -2.36. The van der Waals surface area contributed by atoms with Crippen LogP contribution in [0.2, 0.25) is 5.02 Å². The van der Waals surface area contributed by atoms with E-state index in [9.17, 15) is 14.4 Å². The van der Waals surface area contributed by atoms with Crippen molar-refractivity contribution < 1.29 is 23.9 Å². The van der Waals surface area contributed by atoms with E-state index in [0.717, 1.165) is 17.8 Å². The molecule has 2 rings (SSSR count). The number of anilines is 1. The van der Waals surface area contributed by atoms with Gasteiger partial charge in [-0.25, -0.2) is 9.59 Å². The lowest BCUT2D eigenvalue weighted by Crippen LogP contribution is -2.49. The van der Waals surface area contributed by atoms with Crippen molar-refractivity contribution in [3.8, 4) is 0 Å². The van der Waals surface area contributed by atoms with E-state index < -0.39 is 11.9 Å². The predicted octanol–water partition coefficient (Wildman–Crippen LogP) is 1.65. The van der Waals surface area contributed by atoms with E-state index >= 15 is 0 Å². The first-order valence-electron chi connectivity index (χ1n) is 8.29. The first-order chi connectivity index (χ1) is 12.5. The molecule has 0 radical (unpaired) electrons. The first-order valence-corrected chi connectivity index (χ1v) is 8.67. The lowest BCUT2D eigenvalue weighted by atomic mass is 10.2. The minimum atomic E-state index is -0.760. The monoisotopic (exact) mass is 380 g/mol. The Morgan fingerprint density at radius 2 is 1.73 bits per heavy atom. The summed E-state index contributed by atoms with van der Waals surface area (Å²) in [5.74, 6) is -1.66. The number of piperazine rings is 1. The summed E-state index contributed by atoms with van der Waals surface area (Å²) in [4.78, 5) is 38.5. The van der Waals surface area contributed by atoms with E-state index in [-0.39, 0.29) is 19.1 Å². The average molecular weight is 381 g/mol. The van der Waals surface area contributed by atoms with Gasteiger partial charge >= 0.3 is 11.9 Å². The molecule has 1 fully saturated rings. The van der Waals surface area contributed by atoms with Crippen LogP contribution in [0.15, 0.2) is 36.4 Å². The molecule has 1 heterocycles. The number of ether oxygens (including phenoxy) is 2. The fourth-order valence-corrected chi connectivity index (χ4v) is 2.67. The number of nitrogens with zero attached hydrogens (tertiary/aromatic N) is 2. The third-order valence-electron chi connectivity index (χ3n) is 3.79. The van der Waals surface area contributed by atoms with E-state index in [0.29, 0.717) is 31.2 Å². The lowest BCUT2D eigenvalue weighted by molar-refractivity contribution is -0.148.